The predicted molar refractivity (Wildman–Crippen MR) is 231 cm³/mol. The van der Waals surface area contributed by atoms with Crippen LogP contribution in [0.1, 0.15) is 99.4 Å². The number of nitrogens with zero attached hydrogens (tertiary/aromatic N) is 3. The number of allylic oxidation sites excluding steroid dienone is 5. The van der Waals surface area contributed by atoms with Crippen LogP contribution in [0.15, 0.2) is 72.5 Å². The quantitative estimate of drug-likeness (QED) is 0.156. The molecule has 4 aliphatic heterocycles. The standard InChI is InChI=1S/C46H53N5O13/c1-10-23-20(2)28-18-32-26-13-11-25(42(57)61-6)38(45(60)64-9)46(26,5)33(48-32)19-30-21(3)24(12-15-34(52)49-27(41(55)56)14-16-35(53)54)39(50-30)37(44(59)63-8)40-36(43(58)62-7)22(4)29(51-40)17-31(23)47-28/h11,13,18,21,27-28,37-38,51H,10,12,14-17,19H2,1-9H3,(H,49,52)(H,53,54)(H,55,56)/t21?,27-,28?,37?,38-,46+/m0/s1. The van der Waals surface area contributed by atoms with Gasteiger partial charge in [-0.1, -0.05) is 26.0 Å². The van der Waals surface area contributed by atoms with E-state index >= 15 is 0 Å². The lowest BCUT2D eigenvalue weighted by atomic mass is 9.62. The van der Waals surface area contributed by atoms with Gasteiger partial charge < -0.3 is 39.5 Å². The van der Waals surface area contributed by atoms with Crippen LogP contribution in [0.4, 0.5) is 0 Å². The Kier molecular flexibility index (Phi) is 13.6. The van der Waals surface area contributed by atoms with E-state index in [-0.39, 0.29) is 54.6 Å². The van der Waals surface area contributed by atoms with Gasteiger partial charge in [0, 0.05) is 54.4 Å². The highest BCUT2D eigenvalue weighted by Crippen LogP contribution is 2.54. The first-order chi connectivity index (χ1) is 30.4. The summed E-state index contributed by atoms with van der Waals surface area (Å²) in [6, 6.07) is -1.95. The van der Waals surface area contributed by atoms with E-state index in [4.69, 9.17) is 39.0 Å². The zero-order valence-corrected chi connectivity index (χ0v) is 37.3. The van der Waals surface area contributed by atoms with Crippen molar-refractivity contribution < 1.29 is 62.7 Å². The molecule has 1 amide bonds. The van der Waals surface area contributed by atoms with Gasteiger partial charge in [-0.05, 0) is 74.0 Å². The lowest BCUT2D eigenvalue weighted by Gasteiger charge is -2.38. The molecule has 8 bridgehead atoms. The van der Waals surface area contributed by atoms with Crippen LogP contribution in [0, 0.1) is 24.2 Å². The predicted octanol–water partition coefficient (Wildman–Crippen LogP) is 4.59. The molecular formula is C46H53N5O13. The SMILES string of the molecule is CCC1=C(C)C2C=C3N=C(CC4=NC(=C(CCC(=O)N[C@@H](CCC(=O)O)C(=O)O)C4C)C(C(=O)OC)c4[nH]c(c(C)c4C(=O)OC)CC1=N2)[C@@]1(C)C3=CC=C(C(=O)OC)[C@H]1C(=O)OC. The normalized spacial score (nSPS) is 24.0. The van der Waals surface area contributed by atoms with Crippen LogP contribution in [0.2, 0.25) is 0 Å². The first kappa shape index (κ1) is 46.8. The Morgan fingerprint density at radius 1 is 0.922 bits per heavy atom. The molecule has 340 valence electrons. The molecule has 64 heavy (non-hydrogen) atoms. The number of fused-ring (bicyclic) bond motifs is 8. The van der Waals surface area contributed by atoms with Gasteiger partial charge in [0.15, 0.2) is 0 Å². The first-order valence-electron chi connectivity index (χ1n) is 20.9. The number of ether oxygens (including phenoxy) is 4. The topological polar surface area (TPSA) is 262 Å². The molecule has 6 rings (SSSR count). The van der Waals surface area contributed by atoms with Crippen LogP contribution >= 0.6 is 0 Å². The Hall–Kier alpha value is -6.72. The minimum absolute atomic E-state index is 0.00919. The highest BCUT2D eigenvalue weighted by molar-refractivity contribution is 6.16. The van der Waals surface area contributed by atoms with E-state index in [9.17, 15) is 38.7 Å². The van der Waals surface area contributed by atoms with E-state index in [2.05, 4.69) is 10.3 Å². The van der Waals surface area contributed by atoms with Crippen LogP contribution in [0.25, 0.3) is 0 Å². The second-order valence-corrected chi connectivity index (χ2v) is 16.4. The number of aromatic amines is 1. The number of rotatable bonds is 13. The number of amides is 1. The molecule has 4 N–H and O–H groups in total. The molecule has 0 fully saturated rings. The lowest BCUT2D eigenvalue weighted by Crippen LogP contribution is -2.45. The number of hydrogen-bond donors (Lipinski definition) is 4. The van der Waals surface area contributed by atoms with Crippen LogP contribution < -0.4 is 5.32 Å². The van der Waals surface area contributed by atoms with E-state index < -0.39 is 83.4 Å². The van der Waals surface area contributed by atoms with Gasteiger partial charge in [0.25, 0.3) is 0 Å². The van der Waals surface area contributed by atoms with E-state index in [1.54, 1.807) is 26.0 Å². The number of carboxylic acid groups (broad SMARTS) is 2. The summed E-state index contributed by atoms with van der Waals surface area (Å²) in [5, 5.41) is 21.3. The Balaban J connectivity index is 1.59. The Morgan fingerprint density at radius 3 is 2.22 bits per heavy atom. The zero-order chi connectivity index (χ0) is 46.9. The van der Waals surface area contributed by atoms with Gasteiger partial charge in [-0.25, -0.2) is 14.4 Å². The fraction of sp³-hybridized carbons (Fsp3) is 0.478. The summed E-state index contributed by atoms with van der Waals surface area (Å²) >= 11 is 0. The van der Waals surface area contributed by atoms with Crippen LogP contribution in [0.3, 0.4) is 0 Å². The van der Waals surface area contributed by atoms with Crippen LogP contribution in [-0.2, 0) is 54.1 Å². The van der Waals surface area contributed by atoms with Crippen LogP contribution in [0.5, 0.6) is 0 Å². The van der Waals surface area contributed by atoms with Crippen molar-refractivity contribution in [1.82, 2.24) is 10.3 Å². The van der Waals surface area contributed by atoms with Gasteiger partial charge in [-0.3, -0.25) is 34.2 Å². The Morgan fingerprint density at radius 2 is 1.61 bits per heavy atom. The molecule has 1 aromatic rings. The molecule has 0 spiro atoms. The molecule has 0 radical (unpaired) electrons. The third kappa shape index (κ3) is 8.28. The largest absolute Gasteiger partial charge is 0.481 e. The monoisotopic (exact) mass is 883 g/mol. The number of aromatic nitrogens is 1. The molecular weight excluding hydrogens is 831 g/mol. The van der Waals surface area contributed by atoms with Gasteiger partial charge in [-0.2, -0.15) is 0 Å². The number of carbonyl (C=O) groups excluding carboxylic acids is 5. The number of H-pyrrole nitrogens is 1. The maximum absolute atomic E-state index is 14.3. The maximum atomic E-state index is 14.3. The summed E-state index contributed by atoms with van der Waals surface area (Å²) in [6.07, 6.45) is 4.89. The minimum Gasteiger partial charge on any atom is -0.481 e. The van der Waals surface area contributed by atoms with E-state index in [1.807, 2.05) is 26.8 Å². The highest BCUT2D eigenvalue weighted by Gasteiger charge is 2.56. The molecule has 0 saturated carbocycles. The summed E-state index contributed by atoms with van der Waals surface area (Å²) in [4.78, 5) is 111. The average molecular weight is 884 g/mol. The van der Waals surface area contributed by atoms with E-state index in [0.717, 1.165) is 16.9 Å². The summed E-state index contributed by atoms with van der Waals surface area (Å²) in [5.41, 5.74) is 5.52. The molecule has 0 saturated heterocycles. The molecule has 18 heteroatoms. The number of esters is 4. The second-order valence-electron chi connectivity index (χ2n) is 16.4. The Bertz CT molecular complexity index is 2490. The molecule has 18 nitrogen and oxygen atoms in total. The number of hydrogen-bond acceptors (Lipinski definition) is 14. The smallest absolute Gasteiger partial charge is 0.340 e. The average Bonchev–Trinajstić information content (AvgIpc) is 3.94. The van der Waals surface area contributed by atoms with Gasteiger partial charge in [-0.15, -0.1) is 0 Å². The Labute approximate surface area is 369 Å². The molecule has 1 aliphatic carbocycles. The third-order valence-corrected chi connectivity index (χ3v) is 13.1. The molecule has 3 unspecified atom stereocenters. The molecule has 6 atom stereocenters. The van der Waals surface area contributed by atoms with Crippen molar-refractivity contribution in [2.45, 2.75) is 97.6 Å². The summed E-state index contributed by atoms with van der Waals surface area (Å²) < 4.78 is 21.1. The van der Waals surface area contributed by atoms with E-state index in [1.165, 1.54) is 28.4 Å². The first-order valence-corrected chi connectivity index (χ1v) is 20.9. The van der Waals surface area contributed by atoms with E-state index in [0.29, 0.717) is 45.9 Å². The van der Waals surface area contributed by atoms with Gasteiger partial charge >= 0.3 is 35.8 Å². The van der Waals surface area contributed by atoms with Crippen molar-refractivity contribution in [3.05, 3.63) is 80.0 Å². The number of nitrogens with one attached hydrogen (secondary N) is 2. The lowest BCUT2D eigenvalue weighted by molar-refractivity contribution is -0.149. The highest BCUT2D eigenvalue weighted by atomic mass is 16.5. The summed E-state index contributed by atoms with van der Waals surface area (Å²) in [7, 11) is 4.87. The summed E-state index contributed by atoms with van der Waals surface area (Å²) in [5.74, 6) is -9.47. The van der Waals surface area contributed by atoms with Crippen molar-refractivity contribution in [1.29, 1.82) is 0 Å². The number of methoxy groups -OCH3 is 4. The zero-order valence-electron chi connectivity index (χ0n) is 37.3. The van der Waals surface area contributed by atoms with Gasteiger partial charge in [0.1, 0.15) is 17.9 Å². The van der Waals surface area contributed by atoms with Crippen molar-refractivity contribution in [3.63, 3.8) is 0 Å². The molecule has 5 heterocycles. The second kappa shape index (κ2) is 18.6. The van der Waals surface area contributed by atoms with Crippen molar-refractivity contribution in [3.8, 4) is 0 Å². The van der Waals surface area contributed by atoms with Crippen LogP contribution in [-0.4, -0.2) is 115 Å². The fourth-order valence-corrected chi connectivity index (χ4v) is 9.56. The fourth-order valence-electron chi connectivity index (χ4n) is 9.56. The van der Waals surface area contributed by atoms with Gasteiger partial charge in [0.05, 0.1) is 68.1 Å². The van der Waals surface area contributed by atoms with Crippen molar-refractivity contribution in [2.75, 3.05) is 28.4 Å². The number of carboxylic acids is 2. The molecule has 0 aromatic carbocycles. The maximum Gasteiger partial charge on any atom is 0.340 e. The number of aliphatic carboxylic acids is 2. The number of aliphatic imine (C=N–C) groups is 3. The minimum atomic E-state index is -1.47. The van der Waals surface area contributed by atoms with Crippen molar-refractivity contribution in [2.24, 2.45) is 32.2 Å². The summed E-state index contributed by atoms with van der Waals surface area (Å²) in [6.45, 7) is 9.38. The molecule has 1 aromatic heterocycles. The van der Waals surface area contributed by atoms with Crippen molar-refractivity contribution >= 4 is 58.9 Å². The molecule has 5 aliphatic rings. The number of carbonyl (C=O) groups is 7. The van der Waals surface area contributed by atoms with Gasteiger partial charge in [0.2, 0.25) is 5.91 Å². The third-order valence-electron chi connectivity index (χ3n) is 13.1.